The lowest BCUT2D eigenvalue weighted by Gasteiger charge is -2.23. The van der Waals surface area contributed by atoms with Crippen molar-refractivity contribution in [1.29, 1.82) is 0 Å². The maximum atomic E-state index is 10.9. The molecule has 0 heterocycles. The minimum Gasteiger partial charge on any atom is -0.507 e. The lowest BCUT2D eigenvalue weighted by Crippen LogP contribution is -2.07. The SMILES string of the molecule is CCCC/C=C/c1cccc(C(=O)O)c1O.O=C(O)c1cccc(C2CCCCC2)c1O. The summed E-state index contributed by atoms with van der Waals surface area (Å²) in [7, 11) is 0. The van der Waals surface area contributed by atoms with Crippen molar-refractivity contribution in [3.8, 4) is 11.5 Å². The predicted octanol–water partition coefficient (Wildman–Crippen LogP) is 6.43. The van der Waals surface area contributed by atoms with Gasteiger partial charge in [0.2, 0.25) is 0 Å². The van der Waals surface area contributed by atoms with E-state index in [-0.39, 0.29) is 22.6 Å². The average molecular weight is 441 g/mol. The fourth-order valence-corrected chi connectivity index (χ4v) is 3.88. The van der Waals surface area contributed by atoms with Crippen molar-refractivity contribution < 1.29 is 30.0 Å². The van der Waals surface area contributed by atoms with Crippen LogP contribution in [-0.2, 0) is 0 Å². The van der Waals surface area contributed by atoms with E-state index in [1.54, 1.807) is 24.3 Å². The first-order chi connectivity index (χ1) is 15.4. The quantitative estimate of drug-likeness (QED) is 0.369. The molecule has 3 rings (SSSR count). The van der Waals surface area contributed by atoms with E-state index in [0.29, 0.717) is 11.5 Å². The number of aromatic hydroxyl groups is 2. The lowest BCUT2D eigenvalue weighted by atomic mass is 9.83. The second kappa shape index (κ2) is 12.5. The molecular weight excluding hydrogens is 408 g/mol. The number of carboxylic acid groups (broad SMARTS) is 2. The molecule has 0 saturated heterocycles. The summed E-state index contributed by atoms with van der Waals surface area (Å²) in [6.07, 6.45) is 12.5. The van der Waals surface area contributed by atoms with Gasteiger partial charge in [0.1, 0.15) is 22.6 Å². The Bertz CT molecular complexity index is 941. The maximum Gasteiger partial charge on any atom is 0.339 e. The Labute approximate surface area is 188 Å². The van der Waals surface area contributed by atoms with E-state index in [1.165, 1.54) is 31.4 Å². The number of phenols is 2. The second-order valence-corrected chi connectivity index (χ2v) is 7.98. The van der Waals surface area contributed by atoms with Crippen LogP contribution >= 0.6 is 0 Å². The molecule has 1 aliphatic carbocycles. The number of carboxylic acids is 2. The normalized spacial score (nSPS) is 14.0. The number of para-hydroxylation sites is 2. The predicted molar refractivity (Wildman–Crippen MR) is 125 cm³/mol. The monoisotopic (exact) mass is 440 g/mol. The van der Waals surface area contributed by atoms with Crippen molar-refractivity contribution in [2.45, 2.75) is 64.2 Å². The molecule has 1 saturated carbocycles. The van der Waals surface area contributed by atoms with E-state index in [1.807, 2.05) is 12.1 Å². The molecule has 4 N–H and O–H groups in total. The Hall–Kier alpha value is -3.28. The van der Waals surface area contributed by atoms with Crippen molar-refractivity contribution in [2.24, 2.45) is 0 Å². The van der Waals surface area contributed by atoms with Gasteiger partial charge < -0.3 is 20.4 Å². The molecule has 32 heavy (non-hydrogen) atoms. The Morgan fingerprint density at radius 1 is 0.906 bits per heavy atom. The van der Waals surface area contributed by atoms with Crippen LogP contribution in [0.3, 0.4) is 0 Å². The van der Waals surface area contributed by atoms with Crippen molar-refractivity contribution in [2.75, 3.05) is 0 Å². The van der Waals surface area contributed by atoms with Crippen LogP contribution in [0, 0.1) is 0 Å². The highest BCUT2D eigenvalue weighted by molar-refractivity contribution is 5.92. The summed E-state index contributed by atoms with van der Waals surface area (Å²) in [6, 6.07) is 9.73. The zero-order valence-corrected chi connectivity index (χ0v) is 18.5. The fraction of sp³-hybridized carbons (Fsp3) is 0.385. The van der Waals surface area contributed by atoms with Crippen molar-refractivity contribution in [3.63, 3.8) is 0 Å². The minimum absolute atomic E-state index is 0.0167. The number of benzene rings is 2. The van der Waals surface area contributed by atoms with Crippen LogP contribution in [0.15, 0.2) is 42.5 Å². The second-order valence-electron chi connectivity index (χ2n) is 7.98. The molecule has 1 fully saturated rings. The Morgan fingerprint density at radius 2 is 1.50 bits per heavy atom. The third-order valence-electron chi connectivity index (χ3n) is 5.66. The summed E-state index contributed by atoms with van der Waals surface area (Å²) in [6.45, 7) is 2.11. The summed E-state index contributed by atoms with van der Waals surface area (Å²) < 4.78 is 0. The molecule has 1 aliphatic rings. The van der Waals surface area contributed by atoms with Gasteiger partial charge in [0.15, 0.2) is 0 Å². The first-order valence-electron chi connectivity index (χ1n) is 11.1. The zero-order chi connectivity index (χ0) is 23.5. The molecular formula is C26H32O6. The van der Waals surface area contributed by atoms with Crippen molar-refractivity contribution >= 4 is 18.0 Å². The smallest absolute Gasteiger partial charge is 0.339 e. The summed E-state index contributed by atoms with van der Waals surface area (Å²) in [5.41, 5.74) is 1.32. The standard InChI is InChI=1S/2C13H16O3/c14-12-10(9-5-2-1-3-6-9)7-4-8-11(12)13(15)16;1-2-3-4-5-7-10-8-6-9-11(12(10)14)13(15)16/h4,7-9,14H,1-3,5-6H2,(H,15,16);5-9,14H,2-4H2,1H3,(H,15,16)/b;7-5+. The van der Waals surface area contributed by atoms with Crippen LogP contribution in [0.1, 0.15) is 96.1 Å². The molecule has 0 radical (unpaired) electrons. The Balaban J connectivity index is 0.000000227. The van der Waals surface area contributed by atoms with Gasteiger partial charge in [-0.1, -0.05) is 75.4 Å². The van der Waals surface area contributed by atoms with Crippen LogP contribution in [0.25, 0.3) is 6.08 Å². The summed E-state index contributed by atoms with van der Waals surface area (Å²) in [4.78, 5) is 21.7. The molecule has 0 aromatic heterocycles. The highest BCUT2D eigenvalue weighted by atomic mass is 16.4. The highest BCUT2D eigenvalue weighted by Crippen LogP contribution is 2.38. The third kappa shape index (κ3) is 6.87. The molecule has 0 amide bonds. The molecule has 2 aromatic carbocycles. The van der Waals surface area contributed by atoms with Gasteiger partial charge in [-0.25, -0.2) is 9.59 Å². The number of carbonyl (C=O) groups is 2. The summed E-state index contributed by atoms with van der Waals surface area (Å²) in [5, 5.41) is 37.4. The van der Waals surface area contributed by atoms with Gasteiger partial charge in [0.25, 0.3) is 0 Å². The molecule has 0 atom stereocenters. The number of aromatic carboxylic acids is 2. The molecule has 0 aliphatic heterocycles. The number of hydrogen-bond donors (Lipinski definition) is 4. The van der Waals surface area contributed by atoms with Crippen LogP contribution in [0.2, 0.25) is 0 Å². The largest absolute Gasteiger partial charge is 0.507 e. The van der Waals surface area contributed by atoms with E-state index in [2.05, 4.69) is 6.92 Å². The van der Waals surface area contributed by atoms with E-state index in [4.69, 9.17) is 10.2 Å². The topological polar surface area (TPSA) is 115 Å². The van der Waals surface area contributed by atoms with Gasteiger partial charge in [0, 0.05) is 5.56 Å². The Morgan fingerprint density at radius 3 is 2.09 bits per heavy atom. The molecule has 0 spiro atoms. The lowest BCUT2D eigenvalue weighted by molar-refractivity contribution is 0.0682. The van der Waals surface area contributed by atoms with Gasteiger partial charge in [-0.2, -0.15) is 0 Å². The molecule has 172 valence electrons. The van der Waals surface area contributed by atoms with Gasteiger partial charge in [-0.15, -0.1) is 0 Å². The molecule has 0 bridgehead atoms. The van der Waals surface area contributed by atoms with E-state index in [0.717, 1.165) is 37.7 Å². The zero-order valence-electron chi connectivity index (χ0n) is 18.5. The van der Waals surface area contributed by atoms with Gasteiger partial charge in [0.05, 0.1) is 0 Å². The number of allylic oxidation sites excluding steroid dienone is 1. The van der Waals surface area contributed by atoms with E-state index in [9.17, 15) is 19.8 Å². The van der Waals surface area contributed by atoms with Crippen molar-refractivity contribution in [1.82, 2.24) is 0 Å². The van der Waals surface area contributed by atoms with Crippen LogP contribution in [-0.4, -0.2) is 32.4 Å². The first-order valence-corrected chi connectivity index (χ1v) is 11.1. The molecule has 0 unspecified atom stereocenters. The summed E-state index contributed by atoms with van der Waals surface area (Å²) >= 11 is 0. The number of hydrogen-bond acceptors (Lipinski definition) is 4. The van der Waals surface area contributed by atoms with Gasteiger partial charge in [-0.05, 0) is 42.9 Å². The number of rotatable bonds is 7. The molecule has 6 nitrogen and oxygen atoms in total. The van der Waals surface area contributed by atoms with Crippen LogP contribution in [0.4, 0.5) is 0 Å². The molecule has 6 heteroatoms. The van der Waals surface area contributed by atoms with Crippen LogP contribution < -0.4 is 0 Å². The van der Waals surface area contributed by atoms with E-state index < -0.39 is 11.9 Å². The van der Waals surface area contributed by atoms with Crippen molar-refractivity contribution in [3.05, 3.63) is 64.7 Å². The highest BCUT2D eigenvalue weighted by Gasteiger charge is 2.21. The Kier molecular flexibility index (Phi) is 9.79. The summed E-state index contributed by atoms with van der Waals surface area (Å²) in [5.74, 6) is -2.05. The van der Waals surface area contributed by atoms with E-state index >= 15 is 0 Å². The number of unbranched alkanes of at least 4 members (excludes halogenated alkanes) is 2. The van der Waals surface area contributed by atoms with Gasteiger partial charge in [-0.3, -0.25) is 0 Å². The fourth-order valence-electron chi connectivity index (χ4n) is 3.88. The third-order valence-corrected chi connectivity index (χ3v) is 5.66. The maximum absolute atomic E-state index is 10.9. The van der Waals surface area contributed by atoms with Gasteiger partial charge >= 0.3 is 11.9 Å². The average Bonchev–Trinajstić information content (AvgIpc) is 2.78. The van der Waals surface area contributed by atoms with Crippen LogP contribution in [0.5, 0.6) is 11.5 Å². The first kappa shape index (κ1) is 25.0. The molecule has 2 aromatic rings. The minimum atomic E-state index is -1.11.